The van der Waals surface area contributed by atoms with Gasteiger partial charge in [0.05, 0.1) is 22.8 Å². The summed E-state index contributed by atoms with van der Waals surface area (Å²) in [5, 5.41) is 22.4. The number of fused-ring (bicyclic) bond motifs is 1. The molecule has 4 rings (SSSR count). The summed E-state index contributed by atoms with van der Waals surface area (Å²) in [6.45, 7) is 5.24. The van der Waals surface area contributed by atoms with Gasteiger partial charge in [0.25, 0.3) is 0 Å². The first-order chi connectivity index (χ1) is 13.0. The van der Waals surface area contributed by atoms with Crippen molar-refractivity contribution in [1.82, 2.24) is 15.3 Å². The molecule has 0 amide bonds. The summed E-state index contributed by atoms with van der Waals surface area (Å²) in [5.41, 5.74) is 1.24. The van der Waals surface area contributed by atoms with E-state index in [4.69, 9.17) is 9.37 Å². The van der Waals surface area contributed by atoms with Crippen LogP contribution in [0.4, 0.5) is 22.9 Å². The van der Waals surface area contributed by atoms with Crippen molar-refractivity contribution >= 4 is 33.9 Å². The number of ether oxygens (including phenoxy) is 1. The predicted octanol–water partition coefficient (Wildman–Crippen LogP) is 2.88. The van der Waals surface area contributed by atoms with Gasteiger partial charge in [0.15, 0.2) is 5.52 Å². The summed E-state index contributed by atoms with van der Waals surface area (Å²) < 4.78 is 10.6. The molecule has 0 spiro atoms. The van der Waals surface area contributed by atoms with Crippen molar-refractivity contribution in [2.75, 3.05) is 23.3 Å². The van der Waals surface area contributed by atoms with Crippen molar-refractivity contribution in [2.24, 2.45) is 0 Å². The van der Waals surface area contributed by atoms with Crippen molar-refractivity contribution < 1.29 is 14.3 Å². The average molecular weight is 370 g/mol. The minimum atomic E-state index is -0.494. The minimum absolute atomic E-state index is 0.0195. The first kappa shape index (κ1) is 17.2. The highest BCUT2D eigenvalue weighted by Crippen LogP contribution is 2.40. The number of hydrogen-bond donors (Lipinski definition) is 1. The van der Waals surface area contributed by atoms with Gasteiger partial charge in [-0.05, 0) is 42.4 Å². The zero-order valence-corrected chi connectivity index (χ0v) is 14.8. The number of nitrogens with zero attached hydrogens (tertiary/aromatic N) is 5. The fourth-order valence-electron chi connectivity index (χ4n) is 3.38. The zero-order valence-electron chi connectivity index (χ0n) is 14.8. The third-order valence-corrected chi connectivity index (χ3v) is 4.36. The van der Waals surface area contributed by atoms with Crippen LogP contribution in [0.2, 0.25) is 0 Å². The first-order valence-corrected chi connectivity index (χ1v) is 8.55. The number of benzene rings is 1. The van der Waals surface area contributed by atoms with E-state index in [2.05, 4.69) is 25.5 Å². The maximum atomic E-state index is 11.7. The quantitative estimate of drug-likeness (QED) is 0.546. The van der Waals surface area contributed by atoms with E-state index in [0.29, 0.717) is 30.1 Å². The second kappa shape index (κ2) is 6.80. The largest absolute Gasteiger partial charge is 0.372 e. The summed E-state index contributed by atoms with van der Waals surface area (Å²) in [4.78, 5) is 17.5. The second-order valence-corrected chi connectivity index (χ2v) is 6.51. The van der Waals surface area contributed by atoms with Gasteiger partial charge in [-0.1, -0.05) is 6.07 Å². The van der Waals surface area contributed by atoms with Gasteiger partial charge in [-0.25, -0.2) is 9.61 Å². The van der Waals surface area contributed by atoms with E-state index in [9.17, 15) is 10.1 Å². The van der Waals surface area contributed by atoms with Gasteiger partial charge in [0, 0.05) is 19.3 Å². The second-order valence-electron chi connectivity index (χ2n) is 6.51. The fourth-order valence-corrected chi connectivity index (χ4v) is 3.38. The van der Waals surface area contributed by atoms with Crippen LogP contribution >= 0.6 is 0 Å². The monoisotopic (exact) mass is 370 g/mol. The zero-order chi connectivity index (χ0) is 19.0. The highest BCUT2D eigenvalue weighted by Gasteiger charge is 2.31. The van der Waals surface area contributed by atoms with Crippen molar-refractivity contribution in [3.8, 4) is 0 Å². The number of anilines is 3. The van der Waals surface area contributed by atoms with E-state index < -0.39 is 4.92 Å². The number of nitrogens with one attached hydrogen (secondary N) is 1. The third-order valence-electron chi connectivity index (χ3n) is 4.36. The SMILES string of the molecule is CC1CN(c2cc(Nc3ccccn3)c([N+](=O)[O-])c3nonc23)CC(C)O1. The molecule has 1 aliphatic rings. The standard InChI is InChI=1S/C17H18N6O4/c1-10-8-22(9-11(2)26-10)13-7-12(19-14-5-3-4-6-18-14)17(23(24)25)16-15(13)20-27-21-16/h3-7,10-11H,8-9H2,1-2H3,(H,18,19). The van der Waals surface area contributed by atoms with E-state index >= 15 is 0 Å². The molecule has 1 aliphatic heterocycles. The van der Waals surface area contributed by atoms with Gasteiger partial charge in [0.2, 0.25) is 5.52 Å². The Morgan fingerprint density at radius 2 is 1.96 bits per heavy atom. The Labute approximate surface area is 154 Å². The summed E-state index contributed by atoms with van der Waals surface area (Å²) in [6, 6.07) is 6.99. The molecular weight excluding hydrogens is 352 g/mol. The summed E-state index contributed by atoms with van der Waals surface area (Å²) in [7, 11) is 0. The molecular formula is C17H18N6O4. The average Bonchev–Trinajstić information content (AvgIpc) is 3.10. The number of morpholine rings is 1. The molecule has 1 N–H and O–H groups in total. The lowest BCUT2D eigenvalue weighted by molar-refractivity contribution is -0.382. The maximum absolute atomic E-state index is 11.7. The predicted molar refractivity (Wildman–Crippen MR) is 98.2 cm³/mol. The van der Waals surface area contributed by atoms with Crippen LogP contribution in [0.5, 0.6) is 0 Å². The number of hydrogen-bond acceptors (Lipinski definition) is 9. The molecule has 10 heteroatoms. The molecule has 2 unspecified atom stereocenters. The Morgan fingerprint density at radius 1 is 1.22 bits per heavy atom. The highest BCUT2D eigenvalue weighted by molar-refractivity contribution is 6.00. The number of rotatable bonds is 4. The topological polar surface area (TPSA) is 119 Å². The van der Waals surface area contributed by atoms with Crippen molar-refractivity contribution in [2.45, 2.75) is 26.1 Å². The number of nitro groups is 1. The van der Waals surface area contributed by atoms with Crippen LogP contribution in [0.25, 0.3) is 11.0 Å². The van der Waals surface area contributed by atoms with Gasteiger partial charge in [0.1, 0.15) is 11.5 Å². The molecule has 0 saturated carbocycles. The van der Waals surface area contributed by atoms with Crippen molar-refractivity contribution in [3.63, 3.8) is 0 Å². The Kier molecular flexibility index (Phi) is 4.32. The third kappa shape index (κ3) is 3.26. The van der Waals surface area contributed by atoms with Gasteiger partial charge in [-0.2, -0.15) is 0 Å². The molecule has 140 valence electrons. The molecule has 1 fully saturated rings. The lowest BCUT2D eigenvalue weighted by Gasteiger charge is -2.36. The summed E-state index contributed by atoms with van der Waals surface area (Å²) in [6.07, 6.45) is 1.65. The molecule has 10 nitrogen and oxygen atoms in total. The van der Waals surface area contributed by atoms with Crippen LogP contribution in [-0.4, -0.2) is 45.5 Å². The molecule has 27 heavy (non-hydrogen) atoms. The van der Waals surface area contributed by atoms with Gasteiger partial charge in [-0.15, -0.1) is 0 Å². The smallest absolute Gasteiger partial charge is 0.324 e. The first-order valence-electron chi connectivity index (χ1n) is 8.55. The Hall–Kier alpha value is -3.27. The maximum Gasteiger partial charge on any atom is 0.324 e. The lowest BCUT2D eigenvalue weighted by Crippen LogP contribution is -2.45. The van der Waals surface area contributed by atoms with Crippen LogP contribution < -0.4 is 10.2 Å². The van der Waals surface area contributed by atoms with E-state index in [1.165, 1.54) is 0 Å². The van der Waals surface area contributed by atoms with Crippen LogP contribution in [0, 0.1) is 10.1 Å². The minimum Gasteiger partial charge on any atom is -0.372 e. The Balaban J connectivity index is 1.86. The van der Waals surface area contributed by atoms with E-state index in [1.54, 1.807) is 30.5 Å². The molecule has 3 aromatic rings. The molecule has 1 saturated heterocycles. The fraction of sp³-hybridized carbons (Fsp3) is 0.353. The summed E-state index contributed by atoms with van der Waals surface area (Å²) >= 11 is 0. The van der Waals surface area contributed by atoms with Crippen LogP contribution in [0.15, 0.2) is 35.1 Å². The molecule has 0 radical (unpaired) electrons. The summed E-state index contributed by atoms with van der Waals surface area (Å²) in [5.74, 6) is 0.492. The van der Waals surface area contributed by atoms with Gasteiger partial charge < -0.3 is 15.0 Å². The van der Waals surface area contributed by atoms with Crippen LogP contribution in [0.1, 0.15) is 13.8 Å². The Morgan fingerprint density at radius 3 is 2.63 bits per heavy atom. The van der Waals surface area contributed by atoms with E-state index in [-0.39, 0.29) is 29.1 Å². The van der Waals surface area contributed by atoms with Crippen LogP contribution in [-0.2, 0) is 4.74 Å². The lowest BCUT2D eigenvalue weighted by atomic mass is 10.1. The normalized spacial score (nSPS) is 20.0. The Bertz CT molecular complexity index is 966. The van der Waals surface area contributed by atoms with Gasteiger partial charge in [-0.3, -0.25) is 10.1 Å². The molecule has 2 atom stereocenters. The van der Waals surface area contributed by atoms with E-state index in [0.717, 1.165) is 0 Å². The molecule has 0 bridgehead atoms. The number of aromatic nitrogens is 3. The highest BCUT2D eigenvalue weighted by atomic mass is 16.6. The number of pyridine rings is 1. The molecule has 3 heterocycles. The van der Waals surface area contributed by atoms with Crippen molar-refractivity contribution in [3.05, 3.63) is 40.6 Å². The van der Waals surface area contributed by atoms with E-state index in [1.807, 2.05) is 13.8 Å². The van der Waals surface area contributed by atoms with Crippen molar-refractivity contribution in [1.29, 1.82) is 0 Å². The molecule has 0 aliphatic carbocycles. The van der Waals surface area contributed by atoms with Gasteiger partial charge >= 0.3 is 5.69 Å². The number of nitro benzene ring substituents is 1. The molecule has 2 aromatic heterocycles. The van der Waals surface area contributed by atoms with Crippen LogP contribution in [0.3, 0.4) is 0 Å². The molecule has 1 aromatic carbocycles.